The molecule has 0 unspecified atom stereocenters. The van der Waals surface area contributed by atoms with E-state index in [1.807, 2.05) is 0 Å². The van der Waals surface area contributed by atoms with E-state index in [1.165, 1.54) is 0 Å². The fraction of sp³-hybridized carbons (Fsp3) is 0.905. The fourth-order valence-electron chi connectivity index (χ4n) is 4.79. The Labute approximate surface area is 164 Å². The molecule has 0 aromatic carbocycles. The third kappa shape index (κ3) is 5.67. The van der Waals surface area contributed by atoms with Gasteiger partial charge in [-0.15, -0.1) is 0 Å². The highest BCUT2D eigenvalue weighted by Gasteiger charge is 2.55. The van der Waals surface area contributed by atoms with Crippen molar-refractivity contribution in [2.24, 2.45) is 23.7 Å². The molecule has 0 heterocycles. The van der Waals surface area contributed by atoms with Gasteiger partial charge in [0.1, 0.15) is 13.2 Å². The predicted octanol–water partition coefficient (Wildman–Crippen LogP) is 2.42. The van der Waals surface area contributed by atoms with Crippen molar-refractivity contribution in [1.29, 1.82) is 0 Å². The molecular formula is C21H38N2O4. The molecule has 0 aromatic rings. The van der Waals surface area contributed by atoms with Gasteiger partial charge in [-0.3, -0.25) is 9.59 Å². The van der Waals surface area contributed by atoms with Crippen molar-refractivity contribution in [3.05, 3.63) is 0 Å². The van der Waals surface area contributed by atoms with E-state index in [2.05, 4.69) is 37.5 Å². The standard InChI is InChI=1S/C21H38N2O4/c1-5-22(6-2)11-13-26-20(24)18-16-9-10-17(15-16)19(18)21(25)27-14-12-23(7-3)8-4/h16-19H,5-15H2,1-4H3/t16-,17-,18-,19+/m0/s1. The minimum atomic E-state index is -0.304. The summed E-state index contributed by atoms with van der Waals surface area (Å²) < 4.78 is 11.1. The van der Waals surface area contributed by atoms with Crippen LogP contribution in [0, 0.1) is 23.7 Å². The number of esters is 2. The summed E-state index contributed by atoms with van der Waals surface area (Å²) in [5, 5.41) is 0. The van der Waals surface area contributed by atoms with Crippen LogP contribution in [-0.2, 0) is 19.1 Å². The van der Waals surface area contributed by atoms with Gasteiger partial charge >= 0.3 is 11.9 Å². The van der Waals surface area contributed by atoms with Gasteiger partial charge in [-0.25, -0.2) is 0 Å². The molecule has 2 saturated carbocycles. The number of hydrogen-bond donors (Lipinski definition) is 0. The van der Waals surface area contributed by atoms with E-state index in [4.69, 9.17) is 9.47 Å². The first-order chi connectivity index (χ1) is 13.0. The highest BCUT2D eigenvalue weighted by molar-refractivity contribution is 5.83. The Morgan fingerprint density at radius 3 is 1.44 bits per heavy atom. The summed E-state index contributed by atoms with van der Waals surface area (Å²) in [4.78, 5) is 29.9. The van der Waals surface area contributed by atoms with Crippen LogP contribution in [-0.4, -0.2) is 74.2 Å². The van der Waals surface area contributed by atoms with E-state index in [0.717, 1.165) is 58.5 Å². The van der Waals surface area contributed by atoms with Crippen molar-refractivity contribution in [1.82, 2.24) is 9.80 Å². The van der Waals surface area contributed by atoms with Crippen molar-refractivity contribution in [3.8, 4) is 0 Å². The maximum atomic E-state index is 12.7. The molecule has 0 amide bonds. The molecule has 0 spiro atoms. The first kappa shape index (κ1) is 22.2. The Balaban J connectivity index is 1.86. The molecule has 2 aliphatic rings. The summed E-state index contributed by atoms with van der Waals surface area (Å²) in [5.74, 6) is -0.421. The molecule has 0 aliphatic heterocycles. The Morgan fingerprint density at radius 2 is 1.11 bits per heavy atom. The van der Waals surface area contributed by atoms with Crippen LogP contribution in [0.15, 0.2) is 0 Å². The quantitative estimate of drug-likeness (QED) is 0.483. The molecule has 0 aromatic heterocycles. The summed E-state index contributed by atoms with van der Waals surface area (Å²) in [7, 11) is 0. The van der Waals surface area contributed by atoms with Crippen LogP contribution in [0.2, 0.25) is 0 Å². The van der Waals surface area contributed by atoms with E-state index < -0.39 is 0 Å². The van der Waals surface area contributed by atoms with Crippen LogP contribution >= 0.6 is 0 Å². The van der Waals surface area contributed by atoms with E-state index in [9.17, 15) is 9.59 Å². The molecule has 0 N–H and O–H groups in total. The average molecular weight is 383 g/mol. The maximum Gasteiger partial charge on any atom is 0.310 e. The fourth-order valence-corrected chi connectivity index (χ4v) is 4.79. The third-order valence-corrected chi connectivity index (χ3v) is 6.55. The van der Waals surface area contributed by atoms with Crippen molar-refractivity contribution < 1.29 is 19.1 Å². The van der Waals surface area contributed by atoms with Crippen molar-refractivity contribution in [2.75, 3.05) is 52.5 Å². The van der Waals surface area contributed by atoms with Crippen molar-refractivity contribution in [3.63, 3.8) is 0 Å². The van der Waals surface area contributed by atoms with Crippen molar-refractivity contribution in [2.45, 2.75) is 47.0 Å². The SMILES string of the molecule is CCN(CC)CCOC(=O)[C@@H]1[C@H]2CC[C@@H](C2)[C@@H]1C(=O)OCCN(CC)CC. The number of hydrogen-bond acceptors (Lipinski definition) is 6. The van der Waals surface area contributed by atoms with Gasteiger partial charge in [-0.2, -0.15) is 0 Å². The van der Waals surface area contributed by atoms with Gasteiger partial charge in [-0.05, 0) is 57.3 Å². The molecule has 6 nitrogen and oxygen atoms in total. The summed E-state index contributed by atoms with van der Waals surface area (Å²) in [6, 6.07) is 0. The van der Waals surface area contributed by atoms with Crippen molar-refractivity contribution >= 4 is 11.9 Å². The van der Waals surface area contributed by atoms with Gasteiger partial charge in [-0.1, -0.05) is 27.7 Å². The van der Waals surface area contributed by atoms with Crippen LogP contribution < -0.4 is 0 Å². The van der Waals surface area contributed by atoms with E-state index >= 15 is 0 Å². The summed E-state index contributed by atoms with van der Waals surface area (Å²) in [6.07, 6.45) is 3.03. The van der Waals surface area contributed by atoms with Gasteiger partial charge in [0.05, 0.1) is 11.8 Å². The normalized spacial score (nSPS) is 26.7. The topological polar surface area (TPSA) is 59.1 Å². The lowest BCUT2D eigenvalue weighted by atomic mass is 9.79. The minimum Gasteiger partial charge on any atom is -0.464 e. The second-order valence-corrected chi connectivity index (χ2v) is 7.77. The van der Waals surface area contributed by atoms with E-state index in [0.29, 0.717) is 13.2 Å². The monoisotopic (exact) mass is 382 g/mol. The highest BCUT2D eigenvalue weighted by Crippen LogP contribution is 2.53. The number of likely N-dealkylation sites (N-methyl/N-ethyl adjacent to an activating group) is 2. The van der Waals surface area contributed by atoms with Gasteiger partial charge in [0.25, 0.3) is 0 Å². The number of carbonyl (C=O) groups excluding carboxylic acids is 2. The number of carbonyl (C=O) groups is 2. The molecule has 2 bridgehead atoms. The first-order valence-corrected chi connectivity index (χ1v) is 10.8. The second-order valence-electron chi connectivity index (χ2n) is 7.77. The third-order valence-electron chi connectivity index (χ3n) is 6.55. The number of fused-ring (bicyclic) bond motifs is 2. The Morgan fingerprint density at radius 1 is 0.741 bits per heavy atom. The zero-order valence-corrected chi connectivity index (χ0v) is 17.6. The average Bonchev–Trinajstić information content (AvgIpc) is 3.30. The summed E-state index contributed by atoms with van der Waals surface area (Å²) in [5.41, 5.74) is 0. The number of ether oxygens (including phenoxy) is 2. The van der Waals surface area contributed by atoms with Crippen LogP contribution in [0.5, 0.6) is 0 Å². The molecule has 27 heavy (non-hydrogen) atoms. The lowest BCUT2D eigenvalue weighted by Gasteiger charge is -2.28. The summed E-state index contributed by atoms with van der Waals surface area (Å²) >= 11 is 0. The molecule has 6 heteroatoms. The van der Waals surface area contributed by atoms with Gasteiger partial charge in [0, 0.05) is 13.1 Å². The second kappa shape index (κ2) is 11.0. The van der Waals surface area contributed by atoms with Gasteiger partial charge in [0.2, 0.25) is 0 Å². The van der Waals surface area contributed by atoms with E-state index in [-0.39, 0.29) is 35.6 Å². The molecule has 0 radical (unpaired) electrons. The molecule has 0 saturated heterocycles. The first-order valence-electron chi connectivity index (χ1n) is 10.8. The Bertz CT molecular complexity index is 435. The smallest absolute Gasteiger partial charge is 0.310 e. The van der Waals surface area contributed by atoms with Crippen LogP contribution in [0.25, 0.3) is 0 Å². The Hall–Kier alpha value is -1.14. The van der Waals surface area contributed by atoms with Crippen LogP contribution in [0.1, 0.15) is 47.0 Å². The van der Waals surface area contributed by atoms with Crippen LogP contribution in [0.3, 0.4) is 0 Å². The van der Waals surface area contributed by atoms with E-state index in [1.54, 1.807) is 0 Å². The molecular weight excluding hydrogens is 344 g/mol. The Kier molecular flexibility index (Phi) is 9.03. The number of nitrogens with zero attached hydrogens (tertiary/aromatic N) is 2. The molecule has 156 valence electrons. The molecule has 4 atom stereocenters. The molecule has 2 fully saturated rings. The zero-order valence-electron chi connectivity index (χ0n) is 17.6. The number of rotatable bonds is 12. The predicted molar refractivity (Wildman–Crippen MR) is 105 cm³/mol. The molecule has 2 aliphatic carbocycles. The maximum absolute atomic E-state index is 12.7. The van der Waals surface area contributed by atoms with Gasteiger partial charge in [0.15, 0.2) is 0 Å². The van der Waals surface area contributed by atoms with Gasteiger partial charge < -0.3 is 19.3 Å². The zero-order chi connectivity index (χ0) is 19.8. The summed E-state index contributed by atoms with van der Waals surface area (Å²) in [6.45, 7) is 14.5. The van der Waals surface area contributed by atoms with Crippen LogP contribution in [0.4, 0.5) is 0 Å². The largest absolute Gasteiger partial charge is 0.464 e. The lowest BCUT2D eigenvalue weighted by molar-refractivity contribution is -0.163. The lowest BCUT2D eigenvalue weighted by Crippen LogP contribution is -2.38. The highest BCUT2D eigenvalue weighted by atomic mass is 16.5. The minimum absolute atomic E-state index is 0.194. The molecule has 2 rings (SSSR count).